The molecule has 1 aromatic heterocycles. The quantitative estimate of drug-likeness (QED) is 0.727. The number of fused-ring (bicyclic) bond motifs is 1. The molecule has 2 aromatic rings. The van der Waals surface area contributed by atoms with Gasteiger partial charge in [-0.3, -0.25) is 4.79 Å². The van der Waals surface area contributed by atoms with E-state index in [0.29, 0.717) is 0 Å². The van der Waals surface area contributed by atoms with Crippen LogP contribution in [0.25, 0.3) is 11.6 Å². The van der Waals surface area contributed by atoms with Gasteiger partial charge in [0.05, 0.1) is 11.3 Å². The van der Waals surface area contributed by atoms with E-state index in [0.717, 1.165) is 26.9 Å². The number of carbonyl (C=O) groups is 1. The van der Waals surface area contributed by atoms with Crippen molar-refractivity contribution in [2.75, 3.05) is 11.9 Å². The zero-order valence-corrected chi connectivity index (χ0v) is 12.1. The van der Waals surface area contributed by atoms with Gasteiger partial charge in [-0.15, -0.1) is 0 Å². The number of rotatable bonds is 1. The molecule has 2 heterocycles. The molecule has 0 saturated carbocycles. The number of nitrogens with zero attached hydrogens (tertiary/aromatic N) is 1. The fourth-order valence-electron chi connectivity index (χ4n) is 2.11. The molecule has 0 aliphatic carbocycles. The predicted molar refractivity (Wildman–Crippen MR) is 79.7 cm³/mol. The molecule has 0 unspecified atom stereocenters. The lowest BCUT2D eigenvalue weighted by Gasteiger charge is -2.08. The summed E-state index contributed by atoms with van der Waals surface area (Å²) in [6.45, 7) is 0. The Morgan fingerprint density at radius 2 is 2.17 bits per heavy atom. The summed E-state index contributed by atoms with van der Waals surface area (Å²) in [6.07, 6.45) is 1.95. The van der Waals surface area contributed by atoms with Crippen molar-refractivity contribution in [3.63, 3.8) is 0 Å². The number of benzene rings is 1. The van der Waals surface area contributed by atoms with Crippen LogP contribution in [0.1, 0.15) is 11.1 Å². The summed E-state index contributed by atoms with van der Waals surface area (Å²) < 4.78 is 0.958. The molecule has 18 heavy (non-hydrogen) atoms. The number of hydrogen-bond donors (Lipinski definition) is 0. The molecule has 1 aliphatic heterocycles. The van der Waals surface area contributed by atoms with E-state index in [1.54, 1.807) is 16.2 Å². The van der Waals surface area contributed by atoms with Crippen LogP contribution in [0.5, 0.6) is 0 Å². The monoisotopic (exact) mass is 319 g/mol. The summed E-state index contributed by atoms with van der Waals surface area (Å²) in [5, 5.41) is 4.05. The fraction of sp³-hybridized carbons (Fsp3) is 0.0714. The number of likely N-dealkylation sites (N-methyl/N-ethyl adjacent to an activating group) is 1. The molecule has 4 heteroatoms. The summed E-state index contributed by atoms with van der Waals surface area (Å²) in [4.78, 5) is 14.0. The van der Waals surface area contributed by atoms with Crippen LogP contribution in [0.2, 0.25) is 0 Å². The van der Waals surface area contributed by atoms with Crippen molar-refractivity contribution in [3.05, 3.63) is 50.6 Å². The van der Waals surface area contributed by atoms with Crippen molar-refractivity contribution >= 4 is 50.5 Å². The topological polar surface area (TPSA) is 20.3 Å². The minimum atomic E-state index is 0.0445. The lowest BCUT2D eigenvalue weighted by molar-refractivity contribution is -0.112. The number of hydrogen-bond acceptors (Lipinski definition) is 2. The average Bonchev–Trinajstić information content (AvgIpc) is 2.94. The maximum absolute atomic E-state index is 12.3. The molecule has 0 fully saturated rings. The van der Waals surface area contributed by atoms with Crippen molar-refractivity contribution in [3.8, 4) is 0 Å². The molecular weight excluding hydrogens is 310 g/mol. The van der Waals surface area contributed by atoms with Gasteiger partial charge in [0.2, 0.25) is 0 Å². The van der Waals surface area contributed by atoms with Crippen LogP contribution in [0.4, 0.5) is 5.69 Å². The maximum Gasteiger partial charge on any atom is 0.258 e. The lowest BCUT2D eigenvalue weighted by atomic mass is 10.1. The van der Waals surface area contributed by atoms with Crippen molar-refractivity contribution < 1.29 is 4.79 Å². The van der Waals surface area contributed by atoms with Gasteiger partial charge in [0.15, 0.2) is 0 Å². The second-order valence-electron chi connectivity index (χ2n) is 4.11. The fourth-order valence-corrected chi connectivity index (χ4v) is 3.30. The van der Waals surface area contributed by atoms with Crippen LogP contribution in [0.3, 0.4) is 0 Å². The van der Waals surface area contributed by atoms with Crippen LogP contribution in [-0.4, -0.2) is 13.0 Å². The minimum Gasteiger partial charge on any atom is -0.311 e. The highest BCUT2D eigenvalue weighted by Gasteiger charge is 2.31. The average molecular weight is 320 g/mol. The number of anilines is 1. The summed E-state index contributed by atoms with van der Waals surface area (Å²) in [5.74, 6) is 0.0445. The summed E-state index contributed by atoms with van der Waals surface area (Å²) in [6, 6.07) is 7.89. The molecule has 0 radical (unpaired) electrons. The van der Waals surface area contributed by atoms with E-state index in [1.807, 2.05) is 48.1 Å². The van der Waals surface area contributed by atoms with E-state index in [9.17, 15) is 4.79 Å². The highest BCUT2D eigenvalue weighted by molar-refractivity contribution is 9.10. The Morgan fingerprint density at radius 1 is 1.33 bits per heavy atom. The largest absolute Gasteiger partial charge is 0.311 e. The minimum absolute atomic E-state index is 0.0445. The molecule has 0 N–H and O–H groups in total. The van der Waals surface area contributed by atoms with Crippen LogP contribution in [0, 0.1) is 0 Å². The Labute approximate surface area is 118 Å². The van der Waals surface area contributed by atoms with Crippen LogP contribution in [0.15, 0.2) is 39.5 Å². The van der Waals surface area contributed by atoms with Crippen molar-refractivity contribution in [2.45, 2.75) is 0 Å². The van der Waals surface area contributed by atoms with Crippen molar-refractivity contribution in [2.24, 2.45) is 0 Å². The number of halogens is 1. The molecule has 0 saturated heterocycles. The van der Waals surface area contributed by atoms with Gasteiger partial charge < -0.3 is 4.90 Å². The first-order valence-electron chi connectivity index (χ1n) is 5.49. The third-order valence-electron chi connectivity index (χ3n) is 3.01. The highest BCUT2D eigenvalue weighted by atomic mass is 79.9. The Morgan fingerprint density at radius 3 is 2.89 bits per heavy atom. The molecule has 1 aromatic carbocycles. The van der Waals surface area contributed by atoms with Gasteiger partial charge in [0, 0.05) is 17.1 Å². The van der Waals surface area contributed by atoms with Gasteiger partial charge in [-0.05, 0) is 40.6 Å². The first-order valence-corrected chi connectivity index (χ1v) is 7.23. The lowest BCUT2D eigenvalue weighted by Crippen LogP contribution is -2.20. The Hall–Kier alpha value is -1.39. The van der Waals surface area contributed by atoms with E-state index in [2.05, 4.69) is 15.9 Å². The molecule has 1 amide bonds. The Kier molecular flexibility index (Phi) is 2.84. The summed E-state index contributed by atoms with van der Waals surface area (Å²) >= 11 is 5.16. The number of carbonyl (C=O) groups excluding carboxylic acids is 1. The Balaban J connectivity index is 2.21. The van der Waals surface area contributed by atoms with Crippen LogP contribution < -0.4 is 4.90 Å². The van der Waals surface area contributed by atoms with Gasteiger partial charge in [-0.2, -0.15) is 11.3 Å². The van der Waals surface area contributed by atoms with Gasteiger partial charge in [-0.1, -0.05) is 22.0 Å². The smallest absolute Gasteiger partial charge is 0.258 e. The standard InChI is InChI=1S/C14H10BrNOS/c1-16-12-4-2-3-11(15)13(12)10(14(16)17)7-9-5-6-18-8-9/h2-8H,1H3/b10-7-. The molecule has 90 valence electrons. The highest BCUT2D eigenvalue weighted by Crippen LogP contribution is 2.41. The SMILES string of the molecule is CN1C(=O)/C(=C\c2ccsc2)c2c(Br)cccc21. The normalized spacial score (nSPS) is 16.4. The molecule has 2 nitrogen and oxygen atoms in total. The molecule has 0 spiro atoms. The maximum atomic E-state index is 12.3. The second kappa shape index (κ2) is 4.37. The molecule has 0 bridgehead atoms. The molecule has 3 rings (SSSR count). The van der Waals surface area contributed by atoms with Gasteiger partial charge in [0.1, 0.15) is 0 Å². The van der Waals surface area contributed by atoms with Crippen LogP contribution >= 0.6 is 27.3 Å². The summed E-state index contributed by atoms with van der Waals surface area (Å²) in [5.41, 5.74) is 3.76. The second-order valence-corrected chi connectivity index (χ2v) is 5.75. The number of thiophene rings is 1. The number of amides is 1. The zero-order valence-electron chi connectivity index (χ0n) is 9.68. The molecule has 1 aliphatic rings. The van der Waals surface area contributed by atoms with Gasteiger partial charge >= 0.3 is 0 Å². The predicted octanol–water partition coefficient (Wildman–Crippen LogP) is 4.03. The van der Waals surface area contributed by atoms with Crippen molar-refractivity contribution in [1.82, 2.24) is 0 Å². The van der Waals surface area contributed by atoms with E-state index < -0.39 is 0 Å². The molecular formula is C14H10BrNOS. The first kappa shape index (κ1) is 11.7. The van der Waals surface area contributed by atoms with Crippen molar-refractivity contribution in [1.29, 1.82) is 0 Å². The zero-order chi connectivity index (χ0) is 12.7. The van der Waals surface area contributed by atoms with E-state index >= 15 is 0 Å². The third-order valence-corrected chi connectivity index (χ3v) is 4.37. The Bertz CT molecular complexity index is 646. The summed E-state index contributed by atoms with van der Waals surface area (Å²) in [7, 11) is 1.81. The van der Waals surface area contributed by atoms with Gasteiger partial charge in [0.25, 0.3) is 5.91 Å². The first-order chi connectivity index (χ1) is 8.68. The van der Waals surface area contributed by atoms with E-state index in [-0.39, 0.29) is 5.91 Å². The third kappa shape index (κ3) is 1.72. The van der Waals surface area contributed by atoms with E-state index in [4.69, 9.17) is 0 Å². The van der Waals surface area contributed by atoms with Crippen LogP contribution in [-0.2, 0) is 4.79 Å². The van der Waals surface area contributed by atoms with E-state index in [1.165, 1.54) is 0 Å². The molecule has 0 atom stereocenters. The van der Waals surface area contributed by atoms with Gasteiger partial charge in [-0.25, -0.2) is 0 Å².